The predicted octanol–water partition coefficient (Wildman–Crippen LogP) is 2.98. The molecule has 1 aromatic rings. The van der Waals surface area contributed by atoms with Gasteiger partial charge in [-0.1, -0.05) is 31.5 Å². The van der Waals surface area contributed by atoms with E-state index in [-0.39, 0.29) is 17.2 Å². The van der Waals surface area contributed by atoms with Gasteiger partial charge in [0, 0.05) is 11.6 Å². The molecular formula is C13H17NO. The molecule has 80 valence electrons. The Bertz CT molecular complexity index is 378. The molecule has 1 aliphatic rings. The highest BCUT2D eigenvalue weighted by atomic mass is 16.2. The molecule has 0 unspecified atom stereocenters. The molecule has 2 nitrogen and oxygen atoms in total. The zero-order chi connectivity index (χ0) is 11.1. The van der Waals surface area contributed by atoms with E-state index in [1.807, 2.05) is 31.2 Å². The summed E-state index contributed by atoms with van der Waals surface area (Å²) in [5.74, 6) is 0.350. The van der Waals surface area contributed by atoms with Crippen molar-refractivity contribution in [3.8, 4) is 0 Å². The summed E-state index contributed by atoms with van der Waals surface area (Å²) in [6.45, 7) is 6.30. The molecule has 1 N–H and O–H groups in total. The molecule has 0 saturated heterocycles. The number of amides is 1. The summed E-state index contributed by atoms with van der Waals surface area (Å²) in [6, 6.07) is 7.91. The smallest absolute Gasteiger partial charge is 0.228 e. The molecule has 1 aromatic carbocycles. The van der Waals surface area contributed by atoms with Gasteiger partial charge in [-0.05, 0) is 30.9 Å². The first-order chi connectivity index (χ1) is 6.99. The van der Waals surface area contributed by atoms with Gasteiger partial charge in [-0.25, -0.2) is 0 Å². The summed E-state index contributed by atoms with van der Waals surface area (Å²) in [5, 5.41) is 2.95. The van der Waals surface area contributed by atoms with Gasteiger partial charge in [0.25, 0.3) is 0 Å². The van der Waals surface area contributed by atoms with Gasteiger partial charge < -0.3 is 5.32 Å². The lowest BCUT2D eigenvalue weighted by molar-refractivity contribution is -0.117. The second-order valence-corrected chi connectivity index (χ2v) is 5.10. The van der Waals surface area contributed by atoms with Crippen LogP contribution < -0.4 is 5.32 Å². The van der Waals surface area contributed by atoms with Crippen LogP contribution in [-0.2, 0) is 4.79 Å². The van der Waals surface area contributed by atoms with Crippen molar-refractivity contribution in [1.82, 2.24) is 0 Å². The fourth-order valence-electron chi connectivity index (χ4n) is 1.78. The van der Waals surface area contributed by atoms with Gasteiger partial charge in [0.2, 0.25) is 5.91 Å². The summed E-state index contributed by atoms with van der Waals surface area (Å²) in [6.07, 6.45) is 1.00. The molecule has 2 rings (SSSR count). The maximum atomic E-state index is 11.8. The SMILES string of the molecule is Cc1ccc(NC(=O)[C@H]2CC2(C)C)cc1. The van der Waals surface area contributed by atoms with Crippen LogP contribution in [0.4, 0.5) is 5.69 Å². The minimum absolute atomic E-state index is 0.156. The number of anilines is 1. The highest BCUT2D eigenvalue weighted by Crippen LogP contribution is 2.51. The van der Waals surface area contributed by atoms with E-state index in [1.165, 1.54) is 5.56 Å². The van der Waals surface area contributed by atoms with Crippen LogP contribution in [0.25, 0.3) is 0 Å². The zero-order valence-corrected chi connectivity index (χ0v) is 9.50. The van der Waals surface area contributed by atoms with Crippen molar-refractivity contribution in [2.24, 2.45) is 11.3 Å². The molecule has 0 aromatic heterocycles. The molecule has 2 heteroatoms. The van der Waals surface area contributed by atoms with Crippen molar-refractivity contribution in [2.75, 3.05) is 5.32 Å². The van der Waals surface area contributed by atoms with E-state index < -0.39 is 0 Å². The minimum Gasteiger partial charge on any atom is -0.326 e. The summed E-state index contributed by atoms with van der Waals surface area (Å²) in [4.78, 5) is 11.8. The first-order valence-corrected chi connectivity index (χ1v) is 5.36. The Morgan fingerprint density at radius 2 is 1.87 bits per heavy atom. The van der Waals surface area contributed by atoms with Crippen molar-refractivity contribution in [2.45, 2.75) is 27.2 Å². The van der Waals surface area contributed by atoms with Crippen LogP contribution in [0, 0.1) is 18.3 Å². The molecule has 1 atom stereocenters. The topological polar surface area (TPSA) is 29.1 Å². The Morgan fingerprint density at radius 3 is 2.33 bits per heavy atom. The first kappa shape index (κ1) is 10.2. The van der Waals surface area contributed by atoms with E-state index in [0.717, 1.165) is 12.1 Å². The number of carbonyl (C=O) groups excluding carboxylic acids is 1. The molecule has 1 fully saturated rings. The van der Waals surface area contributed by atoms with Gasteiger partial charge in [-0.3, -0.25) is 4.79 Å². The number of rotatable bonds is 2. The van der Waals surface area contributed by atoms with Gasteiger partial charge in [0.15, 0.2) is 0 Å². The first-order valence-electron chi connectivity index (χ1n) is 5.36. The fraction of sp³-hybridized carbons (Fsp3) is 0.462. The molecule has 1 saturated carbocycles. The number of carbonyl (C=O) groups is 1. The highest BCUT2D eigenvalue weighted by molar-refractivity contribution is 5.94. The van der Waals surface area contributed by atoms with Crippen LogP contribution in [0.2, 0.25) is 0 Å². The van der Waals surface area contributed by atoms with E-state index in [2.05, 4.69) is 19.2 Å². The highest BCUT2D eigenvalue weighted by Gasteiger charge is 2.50. The normalized spacial score (nSPS) is 22.2. The molecule has 0 bridgehead atoms. The molecule has 15 heavy (non-hydrogen) atoms. The zero-order valence-electron chi connectivity index (χ0n) is 9.50. The second kappa shape index (κ2) is 3.37. The summed E-state index contributed by atoms with van der Waals surface area (Å²) >= 11 is 0. The molecule has 1 amide bonds. The van der Waals surface area contributed by atoms with E-state index in [1.54, 1.807) is 0 Å². The maximum Gasteiger partial charge on any atom is 0.228 e. The Balaban J connectivity index is 1.98. The van der Waals surface area contributed by atoms with Gasteiger partial charge in [0.05, 0.1) is 0 Å². The third kappa shape index (κ3) is 2.20. The Kier molecular flexibility index (Phi) is 2.29. The third-order valence-electron chi connectivity index (χ3n) is 3.15. The van der Waals surface area contributed by atoms with Crippen LogP contribution in [-0.4, -0.2) is 5.91 Å². The van der Waals surface area contributed by atoms with Crippen LogP contribution >= 0.6 is 0 Å². The van der Waals surface area contributed by atoms with E-state index in [0.29, 0.717) is 0 Å². The average molecular weight is 203 g/mol. The molecular weight excluding hydrogens is 186 g/mol. The van der Waals surface area contributed by atoms with Crippen molar-refractivity contribution in [3.05, 3.63) is 29.8 Å². The molecule has 0 radical (unpaired) electrons. The van der Waals surface area contributed by atoms with Crippen molar-refractivity contribution >= 4 is 11.6 Å². The largest absolute Gasteiger partial charge is 0.326 e. The number of aryl methyl sites for hydroxylation is 1. The van der Waals surface area contributed by atoms with E-state index in [4.69, 9.17) is 0 Å². The van der Waals surface area contributed by atoms with Gasteiger partial charge in [0.1, 0.15) is 0 Å². The van der Waals surface area contributed by atoms with Gasteiger partial charge in [-0.15, -0.1) is 0 Å². The Labute approximate surface area is 90.7 Å². The molecule has 0 heterocycles. The lowest BCUT2D eigenvalue weighted by Crippen LogP contribution is -2.16. The minimum atomic E-state index is 0.156. The second-order valence-electron chi connectivity index (χ2n) is 5.10. The molecule has 1 aliphatic carbocycles. The van der Waals surface area contributed by atoms with Crippen molar-refractivity contribution in [1.29, 1.82) is 0 Å². The quantitative estimate of drug-likeness (QED) is 0.786. The summed E-state index contributed by atoms with van der Waals surface area (Å²) < 4.78 is 0. The lowest BCUT2D eigenvalue weighted by atomic mass is 10.1. The van der Waals surface area contributed by atoms with Crippen LogP contribution in [0.5, 0.6) is 0 Å². The van der Waals surface area contributed by atoms with E-state index in [9.17, 15) is 4.79 Å². The molecule has 0 aliphatic heterocycles. The van der Waals surface area contributed by atoms with Crippen LogP contribution in [0.1, 0.15) is 25.8 Å². The van der Waals surface area contributed by atoms with Crippen LogP contribution in [0.15, 0.2) is 24.3 Å². The average Bonchev–Trinajstić information content (AvgIpc) is 2.79. The van der Waals surface area contributed by atoms with Crippen molar-refractivity contribution < 1.29 is 4.79 Å². The lowest BCUT2D eigenvalue weighted by Gasteiger charge is -2.06. The number of benzene rings is 1. The Morgan fingerprint density at radius 1 is 1.33 bits per heavy atom. The van der Waals surface area contributed by atoms with Crippen LogP contribution in [0.3, 0.4) is 0 Å². The molecule has 0 spiro atoms. The summed E-state index contributed by atoms with van der Waals surface area (Å²) in [7, 11) is 0. The predicted molar refractivity (Wildman–Crippen MR) is 61.7 cm³/mol. The number of hydrogen-bond acceptors (Lipinski definition) is 1. The van der Waals surface area contributed by atoms with Gasteiger partial charge >= 0.3 is 0 Å². The maximum absolute atomic E-state index is 11.8. The van der Waals surface area contributed by atoms with Gasteiger partial charge in [-0.2, -0.15) is 0 Å². The Hall–Kier alpha value is -1.31. The fourth-order valence-corrected chi connectivity index (χ4v) is 1.78. The van der Waals surface area contributed by atoms with E-state index >= 15 is 0 Å². The third-order valence-corrected chi connectivity index (χ3v) is 3.15. The summed E-state index contributed by atoms with van der Waals surface area (Å²) in [5.41, 5.74) is 2.31. The van der Waals surface area contributed by atoms with Crippen molar-refractivity contribution in [3.63, 3.8) is 0 Å². The number of nitrogens with one attached hydrogen (secondary N) is 1. The number of hydrogen-bond donors (Lipinski definition) is 1. The standard InChI is InChI=1S/C13H17NO/c1-9-4-6-10(7-5-9)14-12(15)11-8-13(11,2)3/h4-7,11H,8H2,1-3H3,(H,14,15)/t11-/m1/s1. The monoisotopic (exact) mass is 203 g/mol.